The lowest BCUT2D eigenvalue weighted by Gasteiger charge is -2.09. The number of rotatable bonds is 3. The fraction of sp³-hybridized carbons (Fsp3) is 0. The summed E-state index contributed by atoms with van der Waals surface area (Å²) in [5.74, 6) is 2.76. The molecule has 0 aliphatic carbocycles. The minimum Gasteiger partial charge on any atom is -0.435 e. The maximum atomic E-state index is 13.7. The second-order valence-corrected chi connectivity index (χ2v) is 4.85. The molecule has 21 heavy (non-hydrogen) atoms. The van der Waals surface area contributed by atoms with E-state index >= 15 is 0 Å². The summed E-state index contributed by atoms with van der Waals surface area (Å²) in [5, 5.41) is 6.78. The number of nitrogens with one attached hydrogen (secondary N) is 2. The molecular formula is C11H7BrF2N6O. The Kier molecular flexibility index (Phi) is 3.39. The van der Waals surface area contributed by atoms with E-state index < -0.39 is 11.6 Å². The maximum absolute atomic E-state index is 13.7. The highest BCUT2D eigenvalue weighted by Crippen LogP contribution is 2.32. The van der Waals surface area contributed by atoms with Gasteiger partial charge in [-0.05, 0) is 12.1 Å². The van der Waals surface area contributed by atoms with Gasteiger partial charge in [-0.25, -0.2) is 10.2 Å². The van der Waals surface area contributed by atoms with Gasteiger partial charge < -0.3 is 4.74 Å². The van der Waals surface area contributed by atoms with E-state index in [2.05, 4.69) is 41.5 Å². The topological polar surface area (TPSA) is 102 Å². The minimum atomic E-state index is -1.13. The van der Waals surface area contributed by atoms with E-state index in [-0.39, 0.29) is 17.6 Å². The van der Waals surface area contributed by atoms with Crippen LogP contribution in [0, 0.1) is 11.6 Å². The number of hydrogen-bond donors (Lipinski definition) is 3. The highest BCUT2D eigenvalue weighted by atomic mass is 79.9. The fourth-order valence-corrected chi connectivity index (χ4v) is 2.07. The van der Waals surface area contributed by atoms with Gasteiger partial charge in [0.05, 0.1) is 6.20 Å². The number of fused-ring (bicyclic) bond motifs is 1. The molecule has 7 nitrogen and oxygen atoms in total. The second kappa shape index (κ2) is 5.22. The zero-order valence-corrected chi connectivity index (χ0v) is 11.8. The number of hydrazine groups is 1. The standard InChI is InChI=1S/C11H7BrF2N6O/c12-4-1-6(13)8(14)7(2-4)21-10-5-3-16-20-9(5)17-11(18-10)19-15/h1-3H,15H2,(H2,16,17,18,19,20). The van der Waals surface area contributed by atoms with Gasteiger partial charge in [-0.3, -0.25) is 10.5 Å². The number of aromatic amines is 1. The Morgan fingerprint density at radius 2 is 2.10 bits per heavy atom. The highest BCUT2D eigenvalue weighted by Gasteiger charge is 2.16. The van der Waals surface area contributed by atoms with Crippen molar-refractivity contribution in [3.8, 4) is 11.6 Å². The van der Waals surface area contributed by atoms with Crippen molar-refractivity contribution < 1.29 is 13.5 Å². The maximum Gasteiger partial charge on any atom is 0.242 e. The zero-order chi connectivity index (χ0) is 15.0. The summed E-state index contributed by atoms with van der Waals surface area (Å²) in [7, 11) is 0. The Bertz CT molecular complexity index is 824. The summed E-state index contributed by atoms with van der Waals surface area (Å²) in [6.07, 6.45) is 1.40. The van der Waals surface area contributed by atoms with E-state index in [1.54, 1.807) is 0 Å². The van der Waals surface area contributed by atoms with Crippen molar-refractivity contribution >= 4 is 32.9 Å². The number of anilines is 1. The van der Waals surface area contributed by atoms with Crippen molar-refractivity contribution in [2.24, 2.45) is 5.84 Å². The van der Waals surface area contributed by atoms with Crippen LogP contribution in [0.1, 0.15) is 0 Å². The van der Waals surface area contributed by atoms with Crippen molar-refractivity contribution in [3.05, 3.63) is 34.4 Å². The molecule has 10 heteroatoms. The molecule has 0 fully saturated rings. The summed E-state index contributed by atoms with van der Waals surface area (Å²) < 4.78 is 32.8. The molecule has 4 N–H and O–H groups in total. The van der Waals surface area contributed by atoms with Gasteiger partial charge in [-0.2, -0.15) is 19.5 Å². The van der Waals surface area contributed by atoms with Crippen LogP contribution in [0.25, 0.3) is 11.0 Å². The molecule has 0 aliphatic rings. The number of ether oxygens (including phenoxy) is 1. The number of benzene rings is 1. The van der Waals surface area contributed by atoms with E-state index in [4.69, 9.17) is 10.6 Å². The monoisotopic (exact) mass is 356 g/mol. The smallest absolute Gasteiger partial charge is 0.242 e. The predicted molar refractivity (Wildman–Crippen MR) is 73.6 cm³/mol. The lowest BCUT2D eigenvalue weighted by atomic mass is 10.3. The van der Waals surface area contributed by atoms with E-state index in [9.17, 15) is 8.78 Å². The predicted octanol–water partition coefficient (Wildman–Crippen LogP) is 2.47. The van der Waals surface area contributed by atoms with Crippen molar-refractivity contribution in [3.63, 3.8) is 0 Å². The summed E-state index contributed by atoms with van der Waals surface area (Å²) in [5.41, 5.74) is 2.58. The van der Waals surface area contributed by atoms with Gasteiger partial charge in [0.2, 0.25) is 17.6 Å². The quantitative estimate of drug-likeness (QED) is 0.378. The number of nitrogens with two attached hydrogens (primary N) is 1. The van der Waals surface area contributed by atoms with E-state index in [1.165, 1.54) is 12.3 Å². The first kappa shape index (κ1) is 13.6. The van der Waals surface area contributed by atoms with Gasteiger partial charge in [-0.1, -0.05) is 15.9 Å². The molecule has 0 spiro atoms. The SMILES string of the molecule is NNc1nc(Oc2cc(Br)cc(F)c2F)c2cn[nH]c2n1. The molecule has 0 unspecified atom stereocenters. The molecule has 0 atom stereocenters. The second-order valence-electron chi connectivity index (χ2n) is 3.93. The number of H-pyrrole nitrogens is 1. The molecule has 2 aromatic heterocycles. The van der Waals surface area contributed by atoms with Gasteiger partial charge in [0.15, 0.2) is 17.2 Å². The highest BCUT2D eigenvalue weighted by molar-refractivity contribution is 9.10. The summed E-state index contributed by atoms with van der Waals surface area (Å²) in [4.78, 5) is 7.94. The lowest BCUT2D eigenvalue weighted by Crippen LogP contribution is -2.11. The van der Waals surface area contributed by atoms with Gasteiger partial charge in [0, 0.05) is 4.47 Å². The molecule has 3 rings (SSSR count). The Hall–Kier alpha value is -2.33. The number of hydrogen-bond acceptors (Lipinski definition) is 6. The Balaban J connectivity index is 2.11. The largest absolute Gasteiger partial charge is 0.435 e. The number of nitrogens with zero attached hydrogens (tertiary/aromatic N) is 3. The Labute approximate surface area is 124 Å². The molecular weight excluding hydrogens is 350 g/mol. The number of aromatic nitrogens is 4. The van der Waals surface area contributed by atoms with Crippen LogP contribution < -0.4 is 16.0 Å². The molecule has 0 amide bonds. The molecule has 2 heterocycles. The molecule has 0 bridgehead atoms. The average Bonchev–Trinajstić information content (AvgIpc) is 2.92. The molecule has 0 aliphatic heterocycles. The molecule has 1 aromatic carbocycles. The van der Waals surface area contributed by atoms with Gasteiger partial charge in [0.25, 0.3) is 0 Å². The zero-order valence-electron chi connectivity index (χ0n) is 10.2. The van der Waals surface area contributed by atoms with Gasteiger partial charge in [-0.15, -0.1) is 0 Å². The normalized spacial score (nSPS) is 10.9. The van der Waals surface area contributed by atoms with Gasteiger partial charge >= 0.3 is 0 Å². The van der Waals surface area contributed by atoms with Gasteiger partial charge in [0.1, 0.15) is 5.39 Å². The van der Waals surface area contributed by atoms with Crippen molar-refractivity contribution in [1.29, 1.82) is 0 Å². The van der Waals surface area contributed by atoms with Crippen LogP contribution in [-0.4, -0.2) is 20.2 Å². The lowest BCUT2D eigenvalue weighted by molar-refractivity contribution is 0.408. The first-order valence-electron chi connectivity index (χ1n) is 5.58. The van der Waals surface area contributed by atoms with Crippen LogP contribution >= 0.6 is 15.9 Å². The first-order valence-corrected chi connectivity index (χ1v) is 6.38. The van der Waals surface area contributed by atoms with Crippen LogP contribution in [-0.2, 0) is 0 Å². The van der Waals surface area contributed by atoms with E-state index in [0.717, 1.165) is 6.07 Å². The third kappa shape index (κ3) is 2.50. The number of halogens is 3. The summed E-state index contributed by atoms with van der Waals surface area (Å²) in [6.45, 7) is 0. The molecule has 3 aromatic rings. The number of nitrogen functional groups attached to an aromatic ring is 1. The van der Waals surface area contributed by atoms with Crippen LogP contribution in [0.3, 0.4) is 0 Å². The molecule has 108 valence electrons. The summed E-state index contributed by atoms with van der Waals surface area (Å²) in [6, 6.07) is 2.27. The third-order valence-corrected chi connectivity index (χ3v) is 3.03. The van der Waals surface area contributed by atoms with E-state index in [1.807, 2.05) is 0 Å². The van der Waals surface area contributed by atoms with E-state index in [0.29, 0.717) is 15.5 Å². The van der Waals surface area contributed by atoms with Crippen LogP contribution in [0.5, 0.6) is 11.6 Å². The van der Waals surface area contributed by atoms with Crippen molar-refractivity contribution in [2.45, 2.75) is 0 Å². The molecule has 0 saturated carbocycles. The molecule has 0 saturated heterocycles. The third-order valence-electron chi connectivity index (χ3n) is 2.57. The van der Waals surface area contributed by atoms with Crippen LogP contribution in [0.4, 0.5) is 14.7 Å². The molecule has 0 radical (unpaired) electrons. The van der Waals surface area contributed by atoms with Crippen molar-refractivity contribution in [2.75, 3.05) is 5.43 Å². The average molecular weight is 357 g/mol. The fourth-order valence-electron chi connectivity index (χ4n) is 1.66. The summed E-state index contributed by atoms with van der Waals surface area (Å²) >= 11 is 3.06. The van der Waals surface area contributed by atoms with Crippen LogP contribution in [0.15, 0.2) is 22.8 Å². The Morgan fingerprint density at radius 1 is 1.29 bits per heavy atom. The van der Waals surface area contributed by atoms with Crippen molar-refractivity contribution in [1.82, 2.24) is 20.2 Å². The Morgan fingerprint density at radius 3 is 2.86 bits per heavy atom. The first-order chi connectivity index (χ1) is 10.1. The van der Waals surface area contributed by atoms with Crippen LogP contribution in [0.2, 0.25) is 0 Å². The minimum absolute atomic E-state index is 0.0156.